The van der Waals surface area contributed by atoms with E-state index in [0.717, 1.165) is 11.1 Å². The van der Waals surface area contributed by atoms with Crippen molar-refractivity contribution in [3.63, 3.8) is 0 Å². The SMILES string of the molecule is Cc1ccccc1C(NN1CCN(C(=O)OC(C)(C)C)CC1)C(=O)O. The Kier molecular flexibility index (Phi) is 6.02. The number of aryl methyl sites for hydroxylation is 1. The molecule has 2 N–H and O–H groups in total. The van der Waals surface area contributed by atoms with E-state index in [1.54, 1.807) is 4.90 Å². The number of benzene rings is 1. The Morgan fingerprint density at radius 2 is 1.76 bits per heavy atom. The number of hydrogen-bond donors (Lipinski definition) is 2. The number of nitrogens with zero attached hydrogens (tertiary/aromatic N) is 2. The summed E-state index contributed by atoms with van der Waals surface area (Å²) < 4.78 is 5.37. The second-order valence-corrected chi connectivity index (χ2v) is 7.21. The number of carboxylic acid groups (broad SMARTS) is 1. The van der Waals surface area contributed by atoms with E-state index in [9.17, 15) is 14.7 Å². The van der Waals surface area contributed by atoms with Gasteiger partial charge in [-0.3, -0.25) is 4.79 Å². The van der Waals surface area contributed by atoms with Gasteiger partial charge in [-0.25, -0.2) is 15.2 Å². The van der Waals surface area contributed by atoms with Crippen LogP contribution in [0.1, 0.15) is 37.9 Å². The maximum absolute atomic E-state index is 12.1. The van der Waals surface area contributed by atoms with Crippen molar-refractivity contribution in [3.05, 3.63) is 35.4 Å². The van der Waals surface area contributed by atoms with Gasteiger partial charge in [-0.05, 0) is 38.8 Å². The Hall–Kier alpha value is -2.12. The van der Waals surface area contributed by atoms with E-state index in [4.69, 9.17) is 4.74 Å². The minimum atomic E-state index is -0.927. The van der Waals surface area contributed by atoms with Crippen molar-refractivity contribution in [3.8, 4) is 0 Å². The number of amides is 1. The van der Waals surface area contributed by atoms with Crippen molar-refractivity contribution in [1.82, 2.24) is 15.3 Å². The van der Waals surface area contributed by atoms with Crippen LogP contribution >= 0.6 is 0 Å². The summed E-state index contributed by atoms with van der Waals surface area (Å²) in [7, 11) is 0. The van der Waals surface area contributed by atoms with Crippen LogP contribution in [0.5, 0.6) is 0 Å². The molecule has 25 heavy (non-hydrogen) atoms. The zero-order valence-electron chi connectivity index (χ0n) is 15.3. The van der Waals surface area contributed by atoms with E-state index >= 15 is 0 Å². The standard InChI is InChI=1S/C18H27N3O4/c1-13-7-5-6-8-14(13)15(16(22)23)19-21-11-9-20(10-12-21)17(24)25-18(2,3)4/h5-8,15,19H,9-12H2,1-4H3,(H,22,23). The smallest absolute Gasteiger partial charge is 0.410 e. The van der Waals surface area contributed by atoms with Gasteiger partial charge in [0.05, 0.1) is 0 Å². The molecule has 1 aromatic rings. The molecule has 1 aliphatic rings. The first kappa shape index (κ1) is 19.2. The summed E-state index contributed by atoms with van der Waals surface area (Å²) in [5, 5.41) is 11.4. The van der Waals surface area contributed by atoms with Crippen molar-refractivity contribution in [1.29, 1.82) is 0 Å². The number of hydrazine groups is 1. The van der Waals surface area contributed by atoms with Gasteiger partial charge in [0.1, 0.15) is 11.6 Å². The molecule has 138 valence electrons. The molecule has 7 nitrogen and oxygen atoms in total. The number of ether oxygens (including phenoxy) is 1. The minimum absolute atomic E-state index is 0.333. The lowest BCUT2D eigenvalue weighted by Crippen LogP contribution is -2.55. The lowest BCUT2D eigenvalue weighted by molar-refractivity contribution is -0.141. The Morgan fingerprint density at radius 3 is 2.28 bits per heavy atom. The van der Waals surface area contributed by atoms with Gasteiger partial charge in [0.15, 0.2) is 0 Å². The molecule has 1 aliphatic heterocycles. The first-order valence-electron chi connectivity index (χ1n) is 8.45. The Bertz CT molecular complexity index is 619. The summed E-state index contributed by atoms with van der Waals surface area (Å²) in [5.41, 5.74) is 4.22. The van der Waals surface area contributed by atoms with E-state index in [0.29, 0.717) is 26.2 Å². The highest BCUT2D eigenvalue weighted by Gasteiger charge is 2.29. The normalized spacial score (nSPS) is 17.2. The number of nitrogens with one attached hydrogen (secondary N) is 1. The number of carbonyl (C=O) groups is 2. The van der Waals surface area contributed by atoms with Crippen LogP contribution in [0.25, 0.3) is 0 Å². The van der Waals surface area contributed by atoms with Crippen molar-refractivity contribution in [2.24, 2.45) is 0 Å². The average Bonchev–Trinajstić information content (AvgIpc) is 2.52. The molecule has 0 radical (unpaired) electrons. The Labute approximate surface area is 148 Å². The van der Waals surface area contributed by atoms with Crippen LogP contribution in [0.4, 0.5) is 4.79 Å². The molecule has 1 atom stereocenters. The predicted molar refractivity (Wildman–Crippen MR) is 94.1 cm³/mol. The summed E-state index contributed by atoms with van der Waals surface area (Å²) in [4.78, 5) is 25.4. The van der Waals surface area contributed by atoms with Crippen LogP contribution in [0.2, 0.25) is 0 Å². The molecule has 0 aliphatic carbocycles. The highest BCUT2D eigenvalue weighted by Crippen LogP contribution is 2.19. The zero-order valence-corrected chi connectivity index (χ0v) is 15.3. The van der Waals surface area contributed by atoms with Gasteiger partial charge in [0.2, 0.25) is 0 Å². The predicted octanol–water partition coefficient (Wildman–Crippen LogP) is 2.18. The summed E-state index contributed by atoms with van der Waals surface area (Å²) in [6.45, 7) is 9.45. The van der Waals surface area contributed by atoms with E-state index in [1.807, 2.05) is 57.0 Å². The van der Waals surface area contributed by atoms with Crippen molar-refractivity contribution < 1.29 is 19.4 Å². The van der Waals surface area contributed by atoms with E-state index in [-0.39, 0.29) is 6.09 Å². The number of piperazine rings is 1. The fourth-order valence-corrected chi connectivity index (χ4v) is 2.70. The van der Waals surface area contributed by atoms with Gasteiger partial charge in [0, 0.05) is 26.2 Å². The first-order valence-corrected chi connectivity index (χ1v) is 8.45. The molecule has 0 aromatic heterocycles. The van der Waals surface area contributed by atoms with Crippen molar-refractivity contribution >= 4 is 12.1 Å². The lowest BCUT2D eigenvalue weighted by atomic mass is 10.0. The maximum Gasteiger partial charge on any atom is 0.410 e. The quantitative estimate of drug-likeness (QED) is 0.867. The van der Waals surface area contributed by atoms with Crippen LogP contribution in [0.15, 0.2) is 24.3 Å². The molecule has 1 amide bonds. The second-order valence-electron chi connectivity index (χ2n) is 7.21. The number of carboxylic acids is 1. The largest absolute Gasteiger partial charge is 0.480 e. The minimum Gasteiger partial charge on any atom is -0.480 e. The molecule has 1 aromatic carbocycles. The van der Waals surface area contributed by atoms with E-state index in [2.05, 4.69) is 5.43 Å². The van der Waals surface area contributed by atoms with Gasteiger partial charge in [-0.2, -0.15) is 0 Å². The second kappa shape index (κ2) is 7.84. The monoisotopic (exact) mass is 349 g/mol. The van der Waals surface area contributed by atoms with Gasteiger partial charge in [-0.1, -0.05) is 24.3 Å². The molecule has 0 saturated carbocycles. The first-order chi connectivity index (χ1) is 11.7. The van der Waals surface area contributed by atoms with Crippen LogP contribution < -0.4 is 5.43 Å². The fraction of sp³-hybridized carbons (Fsp3) is 0.556. The molecular formula is C18H27N3O4. The molecule has 1 heterocycles. The third-order valence-corrected chi connectivity index (χ3v) is 3.99. The molecule has 1 fully saturated rings. The van der Waals surface area contributed by atoms with Crippen molar-refractivity contribution in [2.75, 3.05) is 26.2 Å². The molecule has 0 bridgehead atoms. The average molecular weight is 349 g/mol. The number of hydrogen-bond acceptors (Lipinski definition) is 5. The molecule has 1 saturated heterocycles. The van der Waals surface area contributed by atoms with Gasteiger partial charge in [0.25, 0.3) is 0 Å². The lowest BCUT2D eigenvalue weighted by Gasteiger charge is -2.37. The van der Waals surface area contributed by atoms with Gasteiger partial charge < -0.3 is 14.7 Å². The van der Waals surface area contributed by atoms with Gasteiger partial charge >= 0.3 is 12.1 Å². The highest BCUT2D eigenvalue weighted by molar-refractivity contribution is 5.76. The summed E-state index contributed by atoms with van der Waals surface area (Å²) in [6, 6.07) is 6.62. The van der Waals surface area contributed by atoms with Crippen molar-refractivity contribution in [2.45, 2.75) is 39.3 Å². The molecular weight excluding hydrogens is 322 g/mol. The number of aliphatic carboxylic acids is 1. The Balaban J connectivity index is 1.95. The molecule has 1 unspecified atom stereocenters. The van der Waals surface area contributed by atoms with Gasteiger partial charge in [-0.15, -0.1) is 0 Å². The van der Waals surface area contributed by atoms with Crippen LogP contribution in [-0.4, -0.2) is 58.9 Å². The van der Waals surface area contributed by atoms with Crippen LogP contribution in [-0.2, 0) is 9.53 Å². The summed E-state index contributed by atoms with van der Waals surface area (Å²) >= 11 is 0. The highest BCUT2D eigenvalue weighted by atomic mass is 16.6. The third-order valence-electron chi connectivity index (χ3n) is 3.99. The number of rotatable bonds is 4. The van der Waals surface area contributed by atoms with Crippen LogP contribution in [0.3, 0.4) is 0 Å². The zero-order chi connectivity index (χ0) is 18.6. The van der Waals surface area contributed by atoms with E-state index in [1.165, 1.54) is 0 Å². The summed E-state index contributed by atoms with van der Waals surface area (Å²) in [6.07, 6.45) is -0.333. The molecule has 2 rings (SSSR count). The third kappa shape index (κ3) is 5.44. The molecule has 7 heteroatoms. The topological polar surface area (TPSA) is 82.1 Å². The maximum atomic E-state index is 12.1. The fourth-order valence-electron chi connectivity index (χ4n) is 2.70. The van der Waals surface area contributed by atoms with Crippen LogP contribution in [0, 0.1) is 6.92 Å². The number of carbonyl (C=O) groups excluding carboxylic acids is 1. The Morgan fingerprint density at radius 1 is 1.16 bits per heavy atom. The van der Waals surface area contributed by atoms with E-state index < -0.39 is 17.6 Å². The molecule has 0 spiro atoms. The summed E-state index contributed by atoms with van der Waals surface area (Å²) in [5.74, 6) is -0.927.